The third-order valence-corrected chi connectivity index (χ3v) is 4.89. The highest BCUT2D eigenvalue weighted by molar-refractivity contribution is 7.92. The molecular formula is C15H11F6N5O2S. The van der Waals surface area contributed by atoms with Crippen molar-refractivity contribution in [3.63, 3.8) is 0 Å². The summed E-state index contributed by atoms with van der Waals surface area (Å²) < 4.78 is 106. The molecule has 29 heavy (non-hydrogen) atoms. The monoisotopic (exact) mass is 439 g/mol. The van der Waals surface area contributed by atoms with Crippen molar-refractivity contribution in [2.75, 3.05) is 4.72 Å². The van der Waals surface area contributed by atoms with Crippen molar-refractivity contribution in [2.45, 2.75) is 31.4 Å². The molecule has 0 bridgehead atoms. The van der Waals surface area contributed by atoms with Crippen LogP contribution in [0.5, 0.6) is 0 Å². The van der Waals surface area contributed by atoms with Gasteiger partial charge in [-0.1, -0.05) is 12.1 Å². The standard InChI is InChI=1S/C15H11F6N5O2S/c1-7-4-3-5-9(14(16,17)18)11(7)25-29(27,28)13-23-12-22-8(2)6-10(15(19,20)21)26(12)24-13/h3-6,25H,1-2H3. The summed E-state index contributed by atoms with van der Waals surface area (Å²) in [7, 11) is -4.86. The molecular weight excluding hydrogens is 428 g/mol. The summed E-state index contributed by atoms with van der Waals surface area (Å²) in [5.41, 5.74) is -3.54. The highest BCUT2D eigenvalue weighted by Crippen LogP contribution is 2.37. The molecule has 0 aliphatic rings. The van der Waals surface area contributed by atoms with Crippen LogP contribution < -0.4 is 4.72 Å². The van der Waals surface area contributed by atoms with Gasteiger partial charge in [0.25, 0.3) is 21.0 Å². The van der Waals surface area contributed by atoms with Gasteiger partial charge in [0.15, 0.2) is 5.69 Å². The van der Waals surface area contributed by atoms with E-state index >= 15 is 0 Å². The molecule has 2 aromatic heterocycles. The largest absolute Gasteiger partial charge is 0.433 e. The van der Waals surface area contributed by atoms with E-state index < -0.39 is 50.3 Å². The Morgan fingerprint density at radius 2 is 1.66 bits per heavy atom. The lowest BCUT2D eigenvalue weighted by Crippen LogP contribution is -2.19. The van der Waals surface area contributed by atoms with E-state index in [1.807, 2.05) is 0 Å². The third-order valence-electron chi connectivity index (χ3n) is 3.77. The molecule has 0 aliphatic heterocycles. The van der Waals surface area contributed by atoms with E-state index in [1.54, 1.807) is 4.72 Å². The summed E-state index contributed by atoms with van der Waals surface area (Å²) in [5, 5.41) is 2.15. The van der Waals surface area contributed by atoms with E-state index in [0.29, 0.717) is 12.1 Å². The fourth-order valence-electron chi connectivity index (χ4n) is 2.50. The number of hydrogen-bond donors (Lipinski definition) is 1. The summed E-state index contributed by atoms with van der Waals surface area (Å²) in [6.45, 7) is 2.47. The predicted molar refractivity (Wildman–Crippen MR) is 87.5 cm³/mol. The maximum absolute atomic E-state index is 13.2. The van der Waals surface area contributed by atoms with E-state index in [-0.39, 0.29) is 15.8 Å². The smallest absolute Gasteiger partial charge is 0.276 e. The van der Waals surface area contributed by atoms with Crippen LogP contribution in [0.4, 0.5) is 32.0 Å². The molecule has 1 aromatic carbocycles. The van der Waals surface area contributed by atoms with Crippen LogP contribution in [0, 0.1) is 13.8 Å². The Kier molecular flexibility index (Phi) is 4.72. The van der Waals surface area contributed by atoms with Crippen molar-refractivity contribution in [1.29, 1.82) is 0 Å². The van der Waals surface area contributed by atoms with Crippen molar-refractivity contribution < 1.29 is 34.8 Å². The zero-order valence-corrected chi connectivity index (χ0v) is 15.4. The van der Waals surface area contributed by atoms with Crippen LogP contribution in [0.15, 0.2) is 29.4 Å². The summed E-state index contributed by atoms with van der Waals surface area (Å²) in [6.07, 6.45) is -9.77. The van der Waals surface area contributed by atoms with Gasteiger partial charge in [0.2, 0.25) is 0 Å². The molecule has 1 N–H and O–H groups in total. The fourth-order valence-corrected chi connectivity index (χ4v) is 3.53. The molecule has 0 spiro atoms. The molecule has 14 heteroatoms. The number of aryl methyl sites for hydroxylation is 2. The van der Waals surface area contributed by atoms with Crippen LogP contribution in [-0.4, -0.2) is 28.0 Å². The molecule has 7 nitrogen and oxygen atoms in total. The molecule has 156 valence electrons. The number of alkyl halides is 6. The third kappa shape index (κ3) is 3.97. The Bertz CT molecular complexity index is 1200. The van der Waals surface area contributed by atoms with Gasteiger partial charge in [-0.25, -0.2) is 4.98 Å². The summed E-state index contributed by atoms with van der Waals surface area (Å²) in [5.74, 6) is -0.668. The van der Waals surface area contributed by atoms with Crippen molar-refractivity contribution >= 4 is 21.5 Å². The van der Waals surface area contributed by atoms with Crippen molar-refractivity contribution in [3.8, 4) is 0 Å². The molecule has 3 aromatic rings. The number of hydrogen-bond acceptors (Lipinski definition) is 5. The lowest BCUT2D eigenvalue weighted by Gasteiger charge is -2.15. The van der Waals surface area contributed by atoms with E-state index in [1.165, 1.54) is 19.9 Å². The van der Waals surface area contributed by atoms with Crippen LogP contribution in [0.2, 0.25) is 0 Å². The number of rotatable bonds is 3. The first-order valence-electron chi connectivity index (χ1n) is 7.71. The molecule has 3 rings (SSSR count). The van der Waals surface area contributed by atoms with Gasteiger partial charge >= 0.3 is 12.4 Å². The van der Waals surface area contributed by atoms with E-state index in [2.05, 4.69) is 15.1 Å². The van der Waals surface area contributed by atoms with Crippen molar-refractivity contribution in [2.24, 2.45) is 0 Å². The zero-order valence-electron chi connectivity index (χ0n) is 14.6. The Morgan fingerprint density at radius 3 is 2.24 bits per heavy atom. The zero-order chi connectivity index (χ0) is 21.8. The Morgan fingerprint density at radius 1 is 1.00 bits per heavy atom. The quantitative estimate of drug-likeness (QED) is 0.631. The first-order valence-corrected chi connectivity index (χ1v) is 9.20. The molecule has 0 atom stereocenters. The van der Waals surface area contributed by atoms with E-state index in [0.717, 1.165) is 6.07 Å². The van der Waals surface area contributed by atoms with Crippen molar-refractivity contribution in [1.82, 2.24) is 19.6 Å². The van der Waals surface area contributed by atoms with Crippen LogP contribution in [-0.2, 0) is 22.4 Å². The molecule has 0 unspecified atom stereocenters. The number of nitrogens with zero attached hydrogens (tertiary/aromatic N) is 4. The van der Waals surface area contributed by atoms with Crippen LogP contribution in [0.3, 0.4) is 0 Å². The minimum Gasteiger partial charge on any atom is -0.276 e. The lowest BCUT2D eigenvalue weighted by molar-refractivity contribution is -0.142. The predicted octanol–water partition coefficient (Wildman–Crippen LogP) is 3.58. The fraction of sp³-hybridized carbons (Fsp3) is 0.267. The van der Waals surface area contributed by atoms with Crippen LogP contribution in [0.25, 0.3) is 5.78 Å². The maximum Gasteiger partial charge on any atom is 0.433 e. The Balaban J connectivity index is 2.14. The summed E-state index contributed by atoms with van der Waals surface area (Å²) in [6, 6.07) is 3.61. The number of aromatic nitrogens is 4. The van der Waals surface area contributed by atoms with Gasteiger partial charge < -0.3 is 0 Å². The van der Waals surface area contributed by atoms with Gasteiger partial charge in [0.05, 0.1) is 11.3 Å². The Hall–Kier alpha value is -2.90. The average molecular weight is 439 g/mol. The molecule has 0 amide bonds. The number of anilines is 1. The SMILES string of the molecule is Cc1cc(C(F)(F)F)n2nc(S(=O)(=O)Nc3c(C)cccc3C(F)(F)F)nc2n1. The number of para-hydroxylation sites is 1. The molecule has 0 fully saturated rings. The number of fused-ring (bicyclic) bond motifs is 1. The van der Waals surface area contributed by atoms with Gasteiger partial charge in [-0.2, -0.15) is 44.3 Å². The minimum absolute atomic E-state index is 0.0582. The van der Waals surface area contributed by atoms with Gasteiger partial charge in [-0.15, -0.1) is 5.10 Å². The highest BCUT2D eigenvalue weighted by atomic mass is 32.2. The second-order valence-corrected chi connectivity index (χ2v) is 7.56. The lowest BCUT2D eigenvalue weighted by atomic mass is 10.1. The maximum atomic E-state index is 13.2. The topological polar surface area (TPSA) is 89.3 Å². The minimum atomic E-state index is -4.90. The number of benzene rings is 1. The van der Waals surface area contributed by atoms with E-state index in [4.69, 9.17) is 0 Å². The molecule has 0 radical (unpaired) electrons. The Labute approximate surface area is 159 Å². The van der Waals surface area contributed by atoms with Gasteiger partial charge in [0, 0.05) is 5.69 Å². The second-order valence-electron chi connectivity index (χ2n) is 5.99. The first-order chi connectivity index (χ1) is 13.2. The number of halogens is 6. The summed E-state index contributed by atoms with van der Waals surface area (Å²) in [4.78, 5) is 7.13. The van der Waals surface area contributed by atoms with Crippen LogP contribution >= 0.6 is 0 Å². The highest BCUT2D eigenvalue weighted by Gasteiger charge is 2.38. The van der Waals surface area contributed by atoms with Crippen LogP contribution in [0.1, 0.15) is 22.5 Å². The van der Waals surface area contributed by atoms with Gasteiger partial charge in [-0.05, 0) is 31.5 Å². The molecule has 0 saturated carbocycles. The van der Waals surface area contributed by atoms with Gasteiger partial charge in [-0.3, -0.25) is 4.72 Å². The first kappa shape index (κ1) is 20.8. The normalized spacial score (nSPS) is 13.1. The summed E-state index contributed by atoms with van der Waals surface area (Å²) >= 11 is 0. The van der Waals surface area contributed by atoms with E-state index in [9.17, 15) is 34.8 Å². The average Bonchev–Trinajstić information content (AvgIpc) is 2.98. The molecule has 0 saturated heterocycles. The second kappa shape index (κ2) is 6.57. The number of sulfonamides is 1. The molecule has 0 aliphatic carbocycles. The molecule has 2 heterocycles. The van der Waals surface area contributed by atoms with Crippen molar-refractivity contribution in [3.05, 3.63) is 46.8 Å². The number of nitrogens with one attached hydrogen (secondary N) is 1. The van der Waals surface area contributed by atoms with Gasteiger partial charge in [0.1, 0.15) is 0 Å².